The molecule has 0 radical (unpaired) electrons. The van der Waals surface area contributed by atoms with Crippen molar-refractivity contribution in [2.45, 2.75) is 12.8 Å². The quantitative estimate of drug-likeness (QED) is 0.781. The van der Waals surface area contributed by atoms with Crippen molar-refractivity contribution in [2.75, 3.05) is 0 Å². The summed E-state index contributed by atoms with van der Waals surface area (Å²) in [6.07, 6.45) is -1.51. The first-order chi connectivity index (χ1) is 6.57. The minimum atomic E-state index is -2.59. The third-order valence-corrected chi connectivity index (χ3v) is 3.43. The summed E-state index contributed by atoms with van der Waals surface area (Å²) in [5.41, 5.74) is 0.139. The lowest BCUT2D eigenvalue weighted by Gasteiger charge is -2.06. The van der Waals surface area contributed by atoms with Gasteiger partial charge in [-0.05, 0) is 22.6 Å². The van der Waals surface area contributed by atoms with Gasteiger partial charge in [-0.15, -0.1) is 0 Å². The number of alkyl halides is 2. The summed E-state index contributed by atoms with van der Waals surface area (Å²) in [6, 6.07) is 1.86. The van der Waals surface area contributed by atoms with E-state index in [1.54, 1.807) is 22.6 Å². The summed E-state index contributed by atoms with van der Waals surface area (Å²) in [6.45, 7) is 0. The Morgan fingerprint density at radius 1 is 1.64 bits per heavy atom. The molecule has 0 aliphatic rings. The Balaban J connectivity index is 3.20. The molecule has 0 aliphatic heterocycles. The van der Waals surface area contributed by atoms with Gasteiger partial charge < -0.3 is 0 Å². The second kappa shape index (κ2) is 4.84. The number of hydrogen-bond donors (Lipinski definition) is 0. The van der Waals surface area contributed by atoms with Gasteiger partial charge in [-0.3, -0.25) is 4.98 Å². The minimum Gasteiger partial charge on any atom is -0.258 e. The Morgan fingerprint density at radius 2 is 2.29 bits per heavy atom. The van der Waals surface area contributed by atoms with Crippen LogP contribution in [0, 0.1) is 14.9 Å². The zero-order chi connectivity index (χ0) is 10.7. The highest BCUT2D eigenvalue weighted by Gasteiger charge is 2.17. The Kier molecular flexibility index (Phi) is 4.01. The minimum absolute atomic E-state index is 0.0261. The first-order valence-corrected chi connectivity index (χ1v) is 5.01. The number of rotatable bonds is 2. The van der Waals surface area contributed by atoms with E-state index in [0.717, 1.165) is 6.20 Å². The normalized spacial score (nSPS) is 10.3. The van der Waals surface area contributed by atoms with E-state index in [9.17, 15) is 8.78 Å². The van der Waals surface area contributed by atoms with Crippen LogP contribution in [0.5, 0.6) is 0 Å². The zero-order valence-corrected chi connectivity index (χ0v) is 9.68. The molecule has 0 amide bonds. The number of pyridine rings is 1. The van der Waals surface area contributed by atoms with Crippen molar-refractivity contribution < 1.29 is 8.78 Å². The fraction of sp³-hybridized carbons (Fsp3) is 0.250. The number of hydrogen-bond acceptors (Lipinski definition) is 2. The standard InChI is InChI=1S/C8H4ClF2IN2/c9-6-5(1-2-13)14-3-4(7(6)12)8(10)11/h3,8H,1H2. The Bertz CT molecular complexity index is 390. The van der Waals surface area contributed by atoms with Gasteiger partial charge in [0.2, 0.25) is 0 Å². The van der Waals surface area contributed by atoms with E-state index >= 15 is 0 Å². The Hall–Kier alpha value is -0.480. The number of nitrogens with zero attached hydrogens (tertiary/aromatic N) is 2. The van der Waals surface area contributed by atoms with E-state index in [-0.39, 0.29) is 20.6 Å². The highest BCUT2D eigenvalue weighted by atomic mass is 127. The molecule has 6 heteroatoms. The molecule has 14 heavy (non-hydrogen) atoms. The van der Waals surface area contributed by atoms with Crippen LogP contribution in [0.1, 0.15) is 17.7 Å². The molecule has 0 fully saturated rings. The van der Waals surface area contributed by atoms with E-state index in [2.05, 4.69) is 4.98 Å². The maximum absolute atomic E-state index is 12.4. The summed E-state index contributed by atoms with van der Waals surface area (Å²) in [4.78, 5) is 3.71. The van der Waals surface area contributed by atoms with Gasteiger partial charge in [0, 0.05) is 9.77 Å². The second-order valence-electron chi connectivity index (χ2n) is 2.42. The molecular formula is C8H4ClF2IN2. The molecule has 1 heterocycles. The first kappa shape index (κ1) is 11.6. The molecular weight excluding hydrogens is 324 g/mol. The van der Waals surface area contributed by atoms with E-state index in [0.29, 0.717) is 5.69 Å². The van der Waals surface area contributed by atoms with Crippen molar-refractivity contribution in [3.05, 3.63) is 26.0 Å². The van der Waals surface area contributed by atoms with Crippen molar-refractivity contribution in [2.24, 2.45) is 0 Å². The van der Waals surface area contributed by atoms with Crippen LogP contribution in [0.3, 0.4) is 0 Å². The van der Waals surface area contributed by atoms with Crippen LogP contribution in [-0.2, 0) is 6.42 Å². The summed E-state index contributed by atoms with van der Waals surface area (Å²) in [5.74, 6) is 0. The third-order valence-electron chi connectivity index (χ3n) is 1.54. The maximum Gasteiger partial charge on any atom is 0.266 e. The van der Waals surface area contributed by atoms with Crippen molar-refractivity contribution >= 4 is 34.2 Å². The molecule has 0 saturated carbocycles. The van der Waals surface area contributed by atoms with Gasteiger partial charge in [-0.1, -0.05) is 11.6 Å². The lowest BCUT2D eigenvalue weighted by Crippen LogP contribution is -1.98. The smallest absolute Gasteiger partial charge is 0.258 e. The molecule has 0 atom stereocenters. The fourth-order valence-corrected chi connectivity index (χ4v) is 1.78. The molecule has 0 spiro atoms. The third kappa shape index (κ3) is 2.30. The predicted molar refractivity (Wildman–Crippen MR) is 56.2 cm³/mol. The SMILES string of the molecule is N#CCc1ncc(C(F)F)c(I)c1Cl. The van der Waals surface area contributed by atoms with Crippen molar-refractivity contribution in [3.63, 3.8) is 0 Å². The summed E-state index contributed by atoms with van der Waals surface area (Å²) in [7, 11) is 0. The number of nitriles is 1. The van der Waals surface area contributed by atoms with Gasteiger partial charge >= 0.3 is 0 Å². The van der Waals surface area contributed by atoms with Crippen LogP contribution in [0.25, 0.3) is 0 Å². The van der Waals surface area contributed by atoms with Gasteiger partial charge in [0.15, 0.2) is 0 Å². The number of halogens is 4. The highest BCUT2D eigenvalue weighted by Crippen LogP contribution is 2.30. The van der Waals surface area contributed by atoms with Crippen molar-refractivity contribution in [3.8, 4) is 6.07 Å². The van der Waals surface area contributed by atoms with Gasteiger partial charge in [-0.25, -0.2) is 8.78 Å². The number of aromatic nitrogens is 1. The first-order valence-electron chi connectivity index (χ1n) is 3.55. The van der Waals surface area contributed by atoms with E-state index in [1.807, 2.05) is 6.07 Å². The van der Waals surface area contributed by atoms with Crippen LogP contribution >= 0.6 is 34.2 Å². The predicted octanol–water partition coefficient (Wildman–Crippen LogP) is 3.34. The molecule has 0 bridgehead atoms. The van der Waals surface area contributed by atoms with E-state index < -0.39 is 6.43 Å². The largest absolute Gasteiger partial charge is 0.266 e. The van der Waals surface area contributed by atoms with Gasteiger partial charge in [-0.2, -0.15) is 5.26 Å². The molecule has 1 aromatic heterocycles. The van der Waals surface area contributed by atoms with Crippen LogP contribution in [0.4, 0.5) is 8.78 Å². The molecule has 0 saturated heterocycles. The summed E-state index contributed by atoms with van der Waals surface area (Å²) < 4.78 is 25.0. The molecule has 2 nitrogen and oxygen atoms in total. The molecule has 1 rings (SSSR count). The van der Waals surface area contributed by atoms with Crippen LogP contribution in [0.2, 0.25) is 5.02 Å². The zero-order valence-electron chi connectivity index (χ0n) is 6.77. The van der Waals surface area contributed by atoms with Crippen LogP contribution < -0.4 is 0 Å². The average Bonchev–Trinajstić information content (AvgIpc) is 2.13. The average molecular weight is 328 g/mol. The molecule has 1 aromatic rings. The fourth-order valence-electron chi connectivity index (χ4n) is 0.864. The van der Waals surface area contributed by atoms with Crippen LogP contribution in [-0.4, -0.2) is 4.98 Å². The van der Waals surface area contributed by atoms with Crippen LogP contribution in [0.15, 0.2) is 6.20 Å². The molecule has 0 aliphatic carbocycles. The summed E-state index contributed by atoms with van der Waals surface area (Å²) in [5, 5.41) is 8.56. The summed E-state index contributed by atoms with van der Waals surface area (Å²) >= 11 is 7.49. The topological polar surface area (TPSA) is 36.7 Å². The van der Waals surface area contributed by atoms with Gasteiger partial charge in [0.1, 0.15) is 0 Å². The Morgan fingerprint density at radius 3 is 2.79 bits per heavy atom. The van der Waals surface area contributed by atoms with E-state index in [4.69, 9.17) is 16.9 Å². The Labute approximate surface area is 98.0 Å². The monoisotopic (exact) mass is 328 g/mol. The maximum atomic E-state index is 12.4. The highest BCUT2D eigenvalue weighted by molar-refractivity contribution is 14.1. The van der Waals surface area contributed by atoms with E-state index in [1.165, 1.54) is 0 Å². The second-order valence-corrected chi connectivity index (χ2v) is 3.88. The molecule has 0 aromatic carbocycles. The lowest BCUT2D eigenvalue weighted by molar-refractivity contribution is 0.150. The van der Waals surface area contributed by atoms with Gasteiger partial charge in [0.05, 0.1) is 28.8 Å². The van der Waals surface area contributed by atoms with Crippen molar-refractivity contribution in [1.29, 1.82) is 5.26 Å². The van der Waals surface area contributed by atoms with Gasteiger partial charge in [0.25, 0.3) is 6.43 Å². The molecule has 74 valence electrons. The lowest BCUT2D eigenvalue weighted by atomic mass is 10.2. The molecule has 0 unspecified atom stereocenters. The van der Waals surface area contributed by atoms with Crippen molar-refractivity contribution in [1.82, 2.24) is 4.98 Å². The molecule has 0 N–H and O–H groups in total.